The summed E-state index contributed by atoms with van der Waals surface area (Å²) in [7, 11) is 0. The number of aromatic nitrogens is 1. The van der Waals surface area contributed by atoms with Gasteiger partial charge in [0.25, 0.3) is 0 Å². The van der Waals surface area contributed by atoms with Gasteiger partial charge in [0.05, 0.1) is 16.8 Å². The van der Waals surface area contributed by atoms with Crippen molar-refractivity contribution in [3.8, 4) is 22.1 Å². The second-order valence-corrected chi connectivity index (χ2v) is 5.28. The van der Waals surface area contributed by atoms with Crippen molar-refractivity contribution >= 4 is 21.6 Å². The molecule has 20 heavy (non-hydrogen) atoms. The lowest BCUT2D eigenvalue weighted by Crippen LogP contribution is -1.92. The van der Waals surface area contributed by atoms with Gasteiger partial charge >= 0.3 is 0 Å². The van der Waals surface area contributed by atoms with Crippen molar-refractivity contribution in [2.75, 3.05) is 6.61 Å². The molecule has 1 heterocycles. The number of rotatable bonds is 3. The van der Waals surface area contributed by atoms with Crippen LogP contribution < -0.4 is 4.74 Å². The van der Waals surface area contributed by atoms with Crippen LogP contribution in [-0.4, -0.2) is 16.7 Å². The second kappa shape index (κ2) is 5.09. The first-order chi connectivity index (χ1) is 9.67. The van der Waals surface area contributed by atoms with Crippen LogP contribution in [0.25, 0.3) is 20.8 Å². The zero-order chi connectivity index (χ0) is 14.1. The van der Waals surface area contributed by atoms with Gasteiger partial charge in [0.1, 0.15) is 10.8 Å². The topological polar surface area (TPSA) is 42.4 Å². The third kappa shape index (κ3) is 2.32. The highest BCUT2D eigenvalue weighted by Crippen LogP contribution is 2.35. The van der Waals surface area contributed by atoms with E-state index >= 15 is 0 Å². The molecule has 0 bridgehead atoms. The summed E-state index contributed by atoms with van der Waals surface area (Å²) in [4.78, 5) is 4.42. The highest BCUT2D eigenvalue weighted by atomic mass is 32.1. The van der Waals surface area contributed by atoms with Gasteiger partial charge in [0.2, 0.25) is 0 Å². The summed E-state index contributed by atoms with van der Waals surface area (Å²) in [5.74, 6) is 0.230. The largest absolute Gasteiger partial charge is 0.504 e. The number of phenolic OH excluding ortho intramolecular Hbond substituents is 1. The molecule has 1 N–H and O–H groups in total. The highest BCUT2D eigenvalue weighted by Gasteiger charge is 2.10. The summed E-state index contributed by atoms with van der Waals surface area (Å²) in [5, 5.41) is 10.5. The maximum Gasteiger partial charge on any atom is 0.161 e. The smallest absolute Gasteiger partial charge is 0.161 e. The number of halogens is 1. The third-order valence-electron chi connectivity index (χ3n) is 2.86. The van der Waals surface area contributed by atoms with E-state index in [1.165, 1.54) is 23.5 Å². The molecule has 0 aliphatic carbocycles. The van der Waals surface area contributed by atoms with Crippen molar-refractivity contribution in [2.45, 2.75) is 6.92 Å². The lowest BCUT2D eigenvalue weighted by molar-refractivity contribution is 0.318. The monoisotopic (exact) mass is 289 g/mol. The molecule has 0 aliphatic heterocycles. The predicted molar refractivity (Wildman–Crippen MR) is 77.8 cm³/mol. The number of benzene rings is 2. The first-order valence-corrected chi connectivity index (χ1v) is 7.01. The highest BCUT2D eigenvalue weighted by molar-refractivity contribution is 7.21. The SMILES string of the molecule is CCOc1cc(-c2nc3cc(F)ccc3s2)ccc1O. The van der Waals surface area contributed by atoms with Crippen molar-refractivity contribution in [3.63, 3.8) is 0 Å². The van der Waals surface area contributed by atoms with Crippen LogP contribution >= 0.6 is 11.3 Å². The number of ether oxygens (including phenoxy) is 1. The van der Waals surface area contributed by atoms with Crippen LogP contribution in [0.15, 0.2) is 36.4 Å². The Morgan fingerprint density at radius 1 is 1.25 bits per heavy atom. The minimum atomic E-state index is -0.296. The Morgan fingerprint density at radius 3 is 2.90 bits per heavy atom. The van der Waals surface area contributed by atoms with Crippen molar-refractivity contribution < 1.29 is 14.2 Å². The first kappa shape index (κ1) is 12.9. The quantitative estimate of drug-likeness (QED) is 0.785. The van der Waals surface area contributed by atoms with Gasteiger partial charge in [0, 0.05) is 11.6 Å². The molecule has 1 aromatic heterocycles. The molecule has 0 saturated heterocycles. The number of hydrogen-bond donors (Lipinski definition) is 1. The maximum absolute atomic E-state index is 13.2. The molecule has 0 unspecified atom stereocenters. The number of phenols is 1. The zero-order valence-electron chi connectivity index (χ0n) is 10.8. The Bertz CT molecular complexity index is 770. The van der Waals surface area contributed by atoms with Gasteiger partial charge in [-0.1, -0.05) is 0 Å². The van der Waals surface area contributed by atoms with Crippen LogP contribution in [0, 0.1) is 5.82 Å². The van der Waals surface area contributed by atoms with Gasteiger partial charge in [-0.25, -0.2) is 9.37 Å². The minimum Gasteiger partial charge on any atom is -0.504 e. The zero-order valence-corrected chi connectivity index (χ0v) is 11.6. The molecular weight excluding hydrogens is 277 g/mol. The molecule has 0 aliphatic rings. The molecule has 0 atom stereocenters. The van der Waals surface area contributed by atoms with E-state index in [0.717, 1.165) is 15.3 Å². The van der Waals surface area contributed by atoms with Crippen LogP contribution in [0.2, 0.25) is 0 Å². The summed E-state index contributed by atoms with van der Waals surface area (Å²) in [6, 6.07) is 9.65. The second-order valence-electron chi connectivity index (χ2n) is 4.25. The van der Waals surface area contributed by atoms with Crippen LogP contribution in [0.4, 0.5) is 4.39 Å². The van der Waals surface area contributed by atoms with Crippen LogP contribution in [0.5, 0.6) is 11.5 Å². The molecule has 0 saturated carbocycles. The van der Waals surface area contributed by atoms with Crippen LogP contribution in [0.1, 0.15) is 6.92 Å². The van der Waals surface area contributed by atoms with Crippen LogP contribution in [0.3, 0.4) is 0 Å². The number of fused-ring (bicyclic) bond motifs is 1. The summed E-state index contributed by atoms with van der Waals surface area (Å²) in [5.41, 5.74) is 1.48. The van der Waals surface area contributed by atoms with Gasteiger partial charge in [0.15, 0.2) is 11.5 Å². The van der Waals surface area contributed by atoms with E-state index < -0.39 is 0 Å². The van der Waals surface area contributed by atoms with Gasteiger partial charge in [-0.05, 0) is 37.3 Å². The summed E-state index contributed by atoms with van der Waals surface area (Å²) >= 11 is 1.48. The minimum absolute atomic E-state index is 0.0998. The average Bonchev–Trinajstić information content (AvgIpc) is 2.84. The molecule has 5 heteroatoms. The third-order valence-corrected chi connectivity index (χ3v) is 3.94. The molecule has 3 aromatic rings. The van der Waals surface area contributed by atoms with E-state index in [9.17, 15) is 9.50 Å². The van der Waals surface area contributed by atoms with Crippen LogP contribution in [-0.2, 0) is 0 Å². The lowest BCUT2D eigenvalue weighted by Gasteiger charge is -2.06. The van der Waals surface area contributed by atoms with Crippen molar-refractivity contribution in [2.24, 2.45) is 0 Å². The fourth-order valence-electron chi connectivity index (χ4n) is 1.94. The molecule has 0 amide bonds. The molecular formula is C15H12FNO2S. The Balaban J connectivity index is 2.08. The van der Waals surface area contributed by atoms with Crippen molar-refractivity contribution in [3.05, 3.63) is 42.2 Å². The van der Waals surface area contributed by atoms with E-state index in [-0.39, 0.29) is 11.6 Å². The normalized spacial score (nSPS) is 10.9. The number of nitrogens with zero attached hydrogens (tertiary/aromatic N) is 1. The average molecular weight is 289 g/mol. The molecule has 3 nitrogen and oxygen atoms in total. The number of thiazole rings is 1. The Hall–Kier alpha value is -2.14. The predicted octanol–water partition coefficient (Wildman–Crippen LogP) is 4.21. The van der Waals surface area contributed by atoms with E-state index in [2.05, 4.69) is 4.98 Å². The molecule has 3 rings (SSSR count). The summed E-state index contributed by atoms with van der Waals surface area (Å²) in [6.07, 6.45) is 0. The Labute approximate surface area is 119 Å². The summed E-state index contributed by atoms with van der Waals surface area (Å²) < 4.78 is 19.5. The van der Waals surface area contributed by atoms with Crippen molar-refractivity contribution in [1.29, 1.82) is 0 Å². The number of hydrogen-bond acceptors (Lipinski definition) is 4. The Kier molecular flexibility index (Phi) is 3.28. The maximum atomic E-state index is 13.2. The van der Waals surface area contributed by atoms with E-state index in [4.69, 9.17) is 4.74 Å². The standard InChI is InChI=1S/C15H12FNO2S/c1-2-19-13-7-9(3-5-12(13)18)15-17-11-8-10(16)4-6-14(11)20-15/h3-8,18H,2H2,1H3. The van der Waals surface area contributed by atoms with Gasteiger partial charge in [-0.3, -0.25) is 0 Å². The lowest BCUT2D eigenvalue weighted by atomic mass is 10.2. The fraction of sp³-hybridized carbons (Fsp3) is 0.133. The van der Waals surface area contributed by atoms with Gasteiger partial charge in [-0.2, -0.15) is 0 Å². The summed E-state index contributed by atoms with van der Waals surface area (Å²) in [6.45, 7) is 2.33. The molecule has 0 radical (unpaired) electrons. The fourth-order valence-corrected chi connectivity index (χ4v) is 2.88. The molecule has 2 aromatic carbocycles. The van der Waals surface area contributed by atoms with E-state index in [0.29, 0.717) is 17.9 Å². The molecule has 102 valence electrons. The van der Waals surface area contributed by atoms with Crippen molar-refractivity contribution in [1.82, 2.24) is 4.98 Å². The van der Waals surface area contributed by atoms with Gasteiger partial charge in [-0.15, -0.1) is 11.3 Å². The Morgan fingerprint density at radius 2 is 2.10 bits per heavy atom. The molecule has 0 fully saturated rings. The van der Waals surface area contributed by atoms with Gasteiger partial charge < -0.3 is 9.84 Å². The first-order valence-electron chi connectivity index (χ1n) is 6.19. The van der Waals surface area contributed by atoms with E-state index in [1.54, 1.807) is 24.3 Å². The number of aromatic hydroxyl groups is 1. The molecule has 0 spiro atoms. The van der Waals surface area contributed by atoms with E-state index in [1.807, 2.05) is 6.92 Å².